The van der Waals surface area contributed by atoms with Gasteiger partial charge in [0.2, 0.25) is 0 Å². The molecule has 0 N–H and O–H groups in total. The van der Waals surface area contributed by atoms with Gasteiger partial charge in [-0.3, -0.25) is 0 Å². The molecule has 3 aromatic carbocycles. The van der Waals surface area contributed by atoms with Gasteiger partial charge in [0.15, 0.2) is 0 Å². The molecule has 0 saturated heterocycles. The van der Waals surface area contributed by atoms with E-state index in [1.165, 1.54) is 27.5 Å². The van der Waals surface area contributed by atoms with E-state index in [0.717, 1.165) is 10.9 Å². The van der Waals surface area contributed by atoms with Gasteiger partial charge in [-0.15, -0.1) is 0 Å². The highest BCUT2D eigenvalue weighted by molar-refractivity contribution is 9.10. The molecule has 0 saturated carbocycles. The molecule has 0 aromatic heterocycles. The third-order valence-electron chi connectivity index (χ3n) is 3.69. The molecule has 2 heteroatoms. The fraction of sp³-hybridized carbons (Fsp3) is 0.158. The Morgan fingerprint density at radius 3 is 2.48 bits per heavy atom. The summed E-state index contributed by atoms with van der Waals surface area (Å²) in [6, 6.07) is 21.8. The SMILES string of the molecule is Cc1cccc(CC(Br)c2ccc3cc(Br)ccc3c2)c1. The first-order valence-electron chi connectivity index (χ1n) is 7.01. The van der Waals surface area contributed by atoms with Crippen LogP contribution < -0.4 is 0 Å². The minimum absolute atomic E-state index is 0.340. The molecular weight excluding hydrogens is 388 g/mol. The molecule has 0 aliphatic rings. The average molecular weight is 404 g/mol. The van der Waals surface area contributed by atoms with Crippen LogP contribution in [0.3, 0.4) is 0 Å². The molecule has 0 aliphatic carbocycles. The van der Waals surface area contributed by atoms with Gasteiger partial charge < -0.3 is 0 Å². The topological polar surface area (TPSA) is 0 Å². The summed E-state index contributed by atoms with van der Waals surface area (Å²) in [5.74, 6) is 0. The lowest BCUT2D eigenvalue weighted by Gasteiger charge is -2.12. The van der Waals surface area contributed by atoms with Gasteiger partial charge in [-0.1, -0.05) is 86.0 Å². The Kier molecular flexibility index (Phi) is 4.46. The largest absolute Gasteiger partial charge is 0.0835 e. The predicted octanol–water partition coefficient (Wildman–Crippen LogP) is 6.59. The Balaban J connectivity index is 1.87. The molecule has 0 bridgehead atoms. The first-order chi connectivity index (χ1) is 10.1. The summed E-state index contributed by atoms with van der Waals surface area (Å²) in [6.45, 7) is 2.14. The number of hydrogen-bond acceptors (Lipinski definition) is 0. The summed E-state index contributed by atoms with van der Waals surface area (Å²) in [5, 5.41) is 2.55. The maximum absolute atomic E-state index is 3.84. The molecule has 0 amide bonds. The van der Waals surface area contributed by atoms with Crippen molar-refractivity contribution in [3.63, 3.8) is 0 Å². The molecule has 0 radical (unpaired) electrons. The van der Waals surface area contributed by atoms with Crippen LogP contribution in [0.4, 0.5) is 0 Å². The molecule has 0 nitrogen and oxygen atoms in total. The molecule has 0 spiro atoms. The third kappa shape index (κ3) is 3.56. The standard InChI is InChI=1S/C19H16Br2/c1-13-3-2-4-14(9-13)10-19(21)17-6-5-16-12-18(20)8-7-15(16)11-17/h2-9,11-12,19H,10H2,1H3. The van der Waals surface area contributed by atoms with E-state index >= 15 is 0 Å². The van der Waals surface area contributed by atoms with Crippen LogP contribution in [0.15, 0.2) is 65.1 Å². The zero-order valence-corrected chi connectivity index (χ0v) is 15.0. The second-order valence-electron chi connectivity index (χ2n) is 5.41. The number of halogens is 2. The van der Waals surface area contributed by atoms with Crippen molar-refractivity contribution in [2.24, 2.45) is 0 Å². The molecule has 21 heavy (non-hydrogen) atoms. The van der Waals surface area contributed by atoms with Crippen LogP contribution in [0.25, 0.3) is 10.8 Å². The second kappa shape index (κ2) is 6.33. The van der Waals surface area contributed by atoms with Crippen LogP contribution in [0.2, 0.25) is 0 Å². The van der Waals surface area contributed by atoms with Crippen molar-refractivity contribution in [3.05, 3.63) is 81.8 Å². The number of benzene rings is 3. The van der Waals surface area contributed by atoms with Crippen LogP contribution in [-0.4, -0.2) is 0 Å². The summed E-state index contributed by atoms with van der Waals surface area (Å²) in [5.41, 5.74) is 4.01. The predicted molar refractivity (Wildman–Crippen MR) is 98.2 cm³/mol. The molecule has 106 valence electrons. The molecule has 0 aliphatic heterocycles. The van der Waals surface area contributed by atoms with Crippen LogP contribution in [0, 0.1) is 6.92 Å². The lowest BCUT2D eigenvalue weighted by molar-refractivity contribution is 0.949. The minimum atomic E-state index is 0.340. The average Bonchev–Trinajstić information content (AvgIpc) is 2.46. The number of fused-ring (bicyclic) bond motifs is 1. The Morgan fingerprint density at radius 2 is 1.67 bits per heavy atom. The van der Waals surface area contributed by atoms with E-state index in [1.807, 2.05) is 0 Å². The second-order valence-corrected chi connectivity index (χ2v) is 7.43. The summed E-state index contributed by atoms with van der Waals surface area (Å²) < 4.78 is 1.12. The van der Waals surface area contributed by atoms with E-state index in [4.69, 9.17) is 0 Å². The summed E-state index contributed by atoms with van der Waals surface area (Å²) in [6.07, 6.45) is 1.00. The molecule has 3 rings (SSSR count). The Morgan fingerprint density at radius 1 is 0.905 bits per heavy atom. The van der Waals surface area contributed by atoms with E-state index in [2.05, 4.69) is 99.4 Å². The van der Waals surface area contributed by atoms with Gasteiger partial charge in [-0.2, -0.15) is 0 Å². The zero-order valence-electron chi connectivity index (χ0n) is 11.8. The van der Waals surface area contributed by atoms with Gasteiger partial charge in [-0.25, -0.2) is 0 Å². The third-order valence-corrected chi connectivity index (χ3v) is 5.03. The summed E-state index contributed by atoms with van der Waals surface area (Å²) in [7, 11) is 0. The van der Waals surface area contributed by atoms with Crippen LogP contribution >= 0.6 is 31.9 Å². The molecule has 0 fully saturated rings. The zero-order chi connectivity index (χ0) is 14.8. The Labute approximate surface area is 142 Å². The molecular formula is C19H16Br2. The Hall–Kier alpha value is -1.12. The van der Waals surface area contributed by atoms with Crippen molar-refractivity contribution in [2.75, 3.05) is 0 Å². The van der Waals surface area contributed by atoms with E-state index in [0.29, 0.717) is 4.83 Å². The summed E-state index contributed by atoms with van der Waals surface area (Å²) in [4.78, 5) is 0.340. The van der Waals surface area contributed by atoms with E-state index in [1.54, 1.807) is 0 Å². The minimum Gasteiger partial charge on any atom is -0.0835 e. The highest BCUT2D eigenvalue weighted by atomic mass is 79.9. The fourth-order valence-corrected chi connectivity index (χ4v) is 3.63. The van der Waals surface area contributed by atoms with Crippen molar-refractivity contribution >= 4 is 42.6 Å². The molecule has 0 heterocycles. The fourth-order valence-electron chi connectivity index (χ4n) is 2.59. The number of alkyl halides is 1. The van der Waals surface area contributed by atoms with Gasteiger partial charge in [-0.05, 0) is 47.4 Å². The van der Waals surface area contributed by atoms with E-state index in [9.17, 15) is 0 Å². The van der Waals surface area contributed by atoms with Crippen LogP contribution in [0.5, 0.6) is 0 Å². The van der Waals surface area contributed by atoms with Crippen molar-refractivity contribution in [1.82, 2.24) is 0 Å². The van der Waals surface area contributed by atoms with Crippen LogP contribution in [-0.2, 0) is 6.42 Å². The van der Waals surface area contributed by atoms with Crippen molar-refractivity contribution in [3.8, 4) is 0 Å². The quantitative estimate of drug-likeness (QED) is 0.432. The smallest absolute Gasteiger partial charge is 0.0435 e. The highest BCUT2D eigenvalue weighted by Crippen LogP contribution is 2.30. The number of rotatable bonds is 3. The van der Waals surface area contributed by atoms with Gasteiger partial charge >= 0.3 is 0 Å². The normalized spacial score (nSPS) is 12.5. The first kappa shape index (κ1) is 14.8. The maximum Gasteiger partial charge on any atom is 0.0435 e. The van der Waals surface area contributed by atoms with Gasteiger partial charge in [0, 0.05) is 9.30 Å². The van der Waals surface area contributed by atoms with E-state index < -0.39 is 0 Å². The van der Waals surface area contributed by atoms with E-state index in [-0.39, 0.29) is 0 Å². The first-order valence-corrected chi connectivity index (χ1v) is 8.71. The monoisotopic (exact) mass is 402 g/mol. The van der Waals surface area contributed by atoms with Gasteiger partial charge in [0.1, 0.15) is 0 Å². The number of hydrogen-bond donors (Lipinski definition) is 0. The van der Waals surface area contributed by atoms with Gasteiger partial charge in [0.05, 0.1) is 0 Å². The Bertz CT molecular complexity index is 777. The lowest BCUT2D eigenvalue weighted by Crippen LogP contribution is -1.96. The maximum atomic E-state index is 3.84. The van der Waals surface area contributed by atoms with Crippen molar-refractivity contribution < 1.29 is 0 Å². The number of aryl methyl sites for hydroxylation is 1. The van der Waals surface area contributed by atoms with Crippen LogP contribution in [0.1, 0.15) is 21.5 Å². The molecule has 3 aromatic rings. The summed E-state index contributed by atoms with van der Waals surface area (Å²) >= 11 is 7.36. The van der Waals surface area contributed by atoms with Gasteiger partial charge in [0.25, 0.3) is 0 Å². The highest BCUT2D eigenvalue weighted by Gasteiger charge is 2.09. The van der Waals surface area contributed by atoms with Crippen molar-refractivity contribution in [1.29, 1.82) is 0 Å². The lowest BCUT2D eigenvalue weighted by atomic mass is 10.0. The molecule has 1 atom stereocenters. The molecule has 1 unspecified atom stereocenters. The van der Waals surface area contributed by atoms with Crippen molar-refractivity contribution in [2.45, 2.75) is 18.2 Å².